The molecule has 120 valence electrons. The molecule has 1 atom stereocenters. The summed E-state index contributed by atoms with van der Waals surface area (Å²) in [5, 5.41) is 11.3. The molecule has 0 fully saturated rings. The molecule has 0 unspecified atom stereocenters. The van der Waals surface area contributed by atoms with Gasteiger partial charge < -0.3 is 10.4 Å². The lowest BCUT2D eigenvalue weighted by Crippen LogP contribution is -2.44. The van der Waals surface area contributed by atoms with E-state index in [4.69, 9.17) is 5.11 Å². The average molecular weight is 313 g/mol. The van der Waals surface area contributed by atoms with Crippen molar-refractivity contribution in [3.63, 3.8) is 0 Å². The predicted octanol–water partition coefficient (Wildman–Crippen LogP) is 2.15. The van der Waals surface area contributed by atoms with Gasteiger partial charge in [-0.25, -0.2) is 13.6 Å². The van der Waals surface area contributed by atoms with Crippen LogP contribution in [0.4, 0.5) is 8.78 Å². The summed E-state index contributed by atoms with van der Waals surface area (Å²) in [7, 11) is 0. The summed E-state index contributed by atoms with van der Waals surface area (Å²) in [4.78, 5) is 34.4. The Hall–Kier alpha value is -2.31. The standard InChI is InChI=1S/C15H17F2NO4/c1-8(2)14(15(21)22)18-13(20)6-5-12(19)9-3-4-10(16)11(17)7-9/h3-4,7-8,14H,5-6H2,1-2H3,(H,18,20)(H,21,22)/t14-/m0/s1. The van der Waals surface area contributed by atoms with Gasteiger partial charge in [0.15, 0.2) is 17.4 Å². The molecule has 0 aliphatic rings. The third-order valence-electron chi connectivity index (χ3n) is 3.07. The molecule has 0 spiro atoms. The second kappa shape index (κ2) is 7.63. The largest absolute Gasteiger partial charge is 0.480 e. The number of carbonyl (C=O) groups is 3. The lowest BCUT2D eigenvalue weighted by molar-refractivity contribution is -0.143. The Kier molecular flexibility index (Phi) is 6.15. The van der Waals surface area contributed by atoms with E-state index in [1.165, 1.54) is 0 Å². The zero-order valence-electron chi connectivity index (χ0n) is 12.2. The van der Waals surface area contributed by atoms with Crippen molar-refractivity contribution in [2.45, 2.75) is 32.7 Å². The average Bonchev–Trinajstić information content (AvgIpc) is 2.44. The van der Waals surface area contributed by atoms with Crippen LogP contribution in [-0.2, 0) is 9.59 Å². The van der Waals surface area contributed by atoms with Crippen LogP contribution in [0, 0.1) is 17.6 Å². The fourth-order valence-corrected chi connectivity index (χ4v) is 1.80. The van der Waals surface area contributed by atoms with Gasteiger partial charge in [-0.3, -0.25) is 9.59 Å². The quantitative estimate of drug-likeness (QED) is 0.756. The second-order valence-corrected chi connectivity index (χ2v) is 5.18. The highest BCUT2D eigenvalue weighted by atomic mass is 19.2. The highest BCUT2D eigenvalue weighted by Crippen LogP contribution is 2.12. The molecule has 7 heteroatoms. The monoisotopic (exact) mass is 313 g/mol. The maximum Gasteiger partial charge on any atom is 0.326 e. The van der Waals surface area contributed by atoms with Gasteiger partial charge >= 0.3 is 5.97 Å². The molecular weight excluding hydrogens is 296 g/mol. The van der Waals surface area contributed by atoms with Crippen LogP contribution in [0.5, 0.6) is 0 Å². The molecule has 0 saturated heterocycles. The van der Waals surface area contributed by atoms with Crippen LogP contribution in [0.3, 0.4) is 0 Å². The lowest BCUT2D eigenvalue weighted by atomic mass is 10.0. The molecule has 0 heterocycles. The van der Waals surface area contributed by atoms with E-state index >= 15 is 0 Å². The van der Waals surface area contributed by atoms with Crippen LogP contribution < -0.4 is 5.32 Å². The van der Waals surface area contributed by atoms with E-state index in [-0.39, 0.29) is 24.3 Å². The summed E-state index contributed by atoms with van der Waals surface area (Å²) in [5.74, 6) is -4.77. The van der Waals surface area contributed by atoms with Gasteiger partial charge in [0.2, 0.25) is 5.91 Å². The molecule has 1 aromatic carbocycles. The first-order chi connectivity index (χ1) is 10.2. The number of ketones is 1. The zero-order chi connectivity index (χ0) is 16.9. The third kappa shape index (κ3) is 4.91. The SMILES string of the molecule is CC(C)[C@H](NC(=O)CCC(=O)c1ccc(F)c(F)c1)C(=O)O. The molecule has 0 radical (unpaired) electrons. The summed E-state index contributed by atoms with van der Waals surface area (Å²) < 4.78 is 25.8. The van der Waals surface area contributed by atoms with E-state index < -0.39 is 35.3 Å². The van der Waals surface area contributed by atoms with E-state index in [0.29, 0.717) is 0 Å². The maximum atomic E-state index is 13.0. The summed E-state index contributed by atoms with van der Waals surface area (Å²) in [6, 6.07) is 1.70. The Morgan fingerprint density at radius 2 is 1.77 bits per heavy atom. The minimum atomic E-state index is -1.16. The second-order valence-electron chi connectivity index (χ2n) is 5.18. The molecule has 1 aromatic rings. The Morgan fingerprint density at radius 3 is 2.27 bits per heavy atom. The first kappa shape index (κ1) is 17.7. The molecule has 0 aliphatic carbocycles. The van der Waals surface area contributed by atoms with Crippen molar-refractivity contribution in [2.24, 2.45) is 5.92 Å². The number of aliphatic carboxylic acids is 1. The molecule has 22 heavy (non-hydrogen) atoms. The molecule has 1 rings (SSSR count). The van der Waals surface area contributed by atoms with Crippen LogP contribution in [0.15, 0.2) is 18.2 Å². The zero-order valence-corrected chi connectivity index (χ0v) is 12.2. The Morgan fingerprint density at radius 1 is 1.14 bits per heavy atom. The van der Waals surface area contributed by atoms with Gasteiger partial charge in [-0.15, -0.1) is 0 Å². The Bertz CT molecular complexity index is 587. The first-order valence-corrected chi connectivity index (χ1v) is 6.72. The number of carbonyl (C=O) groups excluding carboxylic acids is 2. The number of benzene rings is 1. The first-order valence-electron chi connectivity index (χ1n) is 6.72. The normalized spacial score (nSPS) is 12.0. The molecule has 2 N–H and O–H groups in total. The smallest absolute Gasteiger partial charge is 0.326 e. The number of nitrogens with one attached hydrogen (secondary N) is 1. The van der Waals surface area contributed by atoms with Crippen LogP contribution in [0.1, 0.15) is 37.0 Å². The van der Waals surface area contributed by atoms with Crippen LogP contribution in [-0.4, -0.2) is 28.8 Å². The number of amides is 1. The number of rotatable bonds is 7. The number of Topliss-reactive ketones (excluding diaryl/α,β-unsaturated/α-hetero) is 1. The van der Waals surface area contributed by atoms with Gasteiger partial charge in [-0.05, 0) is 24.1 Å². The van der Waals surface area contributed by atoms with Crippen molar-refractivity contribution in [2.75, 3.05) is 0 Å². The molecule has 0 bridgehead atoms. The van der Waals surface area contributed by atoms with Crippen LogP contribution >= 0.6 is 0 Å². The fourth-order valence-electron chi connectivity index (χ4n) is 1.80. The summed E-state index contributed by atoms with van der Waals surface area (Å²) >= 11 is 0. The van der Waals surface area contributed by atoms with Gasteiger partial charge in [-0.2, -0.15) is 0 Å². The fraction of sp³-hybridized carbons (Fsp3) is 0.400. The summed E-state index contributed by atoms with van der Waals surface area (Å²) in [6.07, 6.45) is -0.449. The van der Waals surface area contributed by atoms with Crippen molar-refractivity contribution in [1.29, 1.82) is 0 Å². The van der Waals surface area contributed by atoms with Crippen molar-refractivity contribution in [3.8, 4) is 0 Å². The minimum Gasteiger partial charge on any atom is -0.480 e. The molecule has 1 amide bonds. The van der Waals surface area contributed by atoms with E-state index in [0.717, 1.165) is 18.2 Å². The van der Waals surface area contributed by atoms with Crippen molar-refractivity contribution >= 4 is 17.7 Å². The van der Waals surface area contributed by atoms with E-state index in [2.05, 4.69) is 5.32 Å². The van der Waals surface area contributed by atoms with E-state index in [9.17, 15) is 23.2 Å². The maximum absolute atomic E-state index is 13.0. The number of hydrogen-bond donors (Lipinski definition) is 2. The van der Waals surface area contributed by atoms with Crippen LogP contribution in [0.2, 0.25) is 0 Å². The predicted molar refractivity (Wildman–Crippen MR) is 74.3 cm³/mol. The van der Waals surface area contributed by atoms with Crippen molar-refractivity contribution < 1.29 is 28.3 Å². The number of hydrogen-bond acceptors (Lipinski definition) is 3. The van der Waals surface area contributed by atoms with E-state index in [1.54, 1.807) is 13.8 Å². The summed E-state index contributed by atoms with van der Waals surface area (Å²) in [5.41, 5.74) is -0.0367. The Labute approximate surface area is 126 Å². The van der Waals surface area contributed by atoms with Gasteiger partial charge in [0.05, 0.1) is 0 Å². The number of halogens is 2. The molecular formula is C15H17F2NO4. The van der Waals surface area contributed by atoms with Gasteiger partial charge in [0, 0.05) is 18.4 Å². The number of carboxylic acids is 1. The Balaban J connectivity index is 2.58. The third-order valence-corrected chi connectivity index (χ3v) is 3.07. The van der Waals surface area contributed by atoms with Gasteiger partial charge in [-0.1, -0.05) is 13.8 Å². The molecule has 5 nitrogen and oxygen atoms in total. The van der Waals surface area contributed by atoms with Crippen LogP contribution in [0.25, 0.3) is 0 Å². The number of carboxylic acid groups (broad SMARTS) is 1. The molecule has 0 saturated carbocycles. The van der Waals surface area contributed by atoms with Crippen molar-refractivity contribution in [3.05, 3.63) is 35.4 Å². The summed E-state index contributed by atoms with van der Waals surface area (Å²) in [6.45, 7) is 3.29. The lowest BCUT2D eigenvalue weighted by Gasteiger charge is -2.17. The molecule has 0 aliphatic heterocycles. The highest BCUT2D eigenvalue weighted by molar-refractivity contribution is 5.98. The van der Waals surface area contributed by atoms with Crippen molar-refractivity contribution in [1.82, 2.24) is 5.32 Å². The minimum absolute atomic E-state index is 0.0367. The van der Waals surface area contributed by atoms with Gasteiger partial charge in [0.25, 0.3) is 0 Å². The molecule has 0 aromatic heterocycles. The van der Waals surface area contributed by atoms with E-state index in [1.807, 2.05) is 0 Å². The topological polar surface area (TPSA) is 83.5 Å². The van der Waals surface area contributed by atoms with Gasteiger partial charge in [0.1, 0.15) is 6.04 Å². The highest BCUT2D eigenvalue weighted by Gasteiger charge is 2.23.